The molecular formula is C16H24N4O4. The van der Waals surface area contributed by atoms with Crippen LogP contribution in [0.1, 0.15) is 11.4 Å². The van der Waals surface area contributed by atoms with Crippen LogP contribution in [-0.4, -0.2) is 88.2 Å². The van der Waals surface area contributed by atoms with E-state index in [1.54, 1.807) is 0 Å². The van der Waals surface area contributed by atoms with E-state index in [0.717, 1.165) is 11.4 Å². The van der Waals surface area contributed by atoms with E-state index >= 15 is 0 Å². The minimum atomic E-state index is -0.853. The maximum absolute atomic E-state index is 11.1. The van der Waals surface area contributed by atoms with Gasteiger partial charge in [0.05, 0.1) is 24.5 Å². The summed E-state index contributed by atoms with van der Waals surface area (Å²) in [4.78, 5) is 32.5. The van der Waals surface area contributed by atoms with Gasteiger partial charge in [-0.15, -0.1) is 0 Å². The van der Waals surface area contributed by atoms with Crippen molar-refractivity contribution >= 4 is 11.9 Å². The third kappa shape index (κ3) is 6.23. The zero-order valence-corrected chi connectivity index (χ0v) is 13.9. The third-order valence-electron chi connectivity index (χ3n) is 3.95. The second-order valence-corrected chi connectivity index (χ2v) is 6.13. The van der Waals surface area contributed by atoms with Gasteiger partial charge in [0, 0.05) is 39.3 Å². The molecule has 1 aromatic heterocycles. The molecule has 0 fully saturated rings. The molecule has 0 saturated heterocycles. The summed E-state index contributed by atoms with van der Waals surface area (Å²) >= 11 is 0. The molecular weight excluding hydrogens is 312 g/mol. The molecule has 2 heterocycles. The Morgan fingerprint density at radius 2 is 1.42 bits per heavy atom. The maximum Gasteiger partial charge on any atom is 0.317 e. The van der Waals surface area contributed by atoms with Crippen molar-refractivity contribution in [3.8, 4) is 0 Å². The lowest BCUT2D eigenvalue weighted by molar-refractivity contribution is -0.139. The number of aliphatic carboxylic acids is 2. The van der Waals surface area contributed by atoms with E-state index in [4.69, 9.17) is 10.2 Å². The van der Waals surface area contributed by atoms with Crippen LogP contribution < -0.4 is 0 Å². The molecule has 1 aliphatic heterocycles. The van der Waals surface area contributed by atoms with Gasteiger partial charge in [0.1, 0.15) is 0 Å². The Balaban J connectivity index is 2.19. The highest BCUT2D eigenvalue weighted by molar-refractivity contribution is 5.69. The number of carboxylic acid groups (broad SMARTS) is 2. The Labute approximate surface area is 141 Å². The van der Waals surface area contributed by atoms with E-state index in [2.05, 4.69) is 9.88 Å². The first kappa shape index (κ1) is 18.3. The quantitative estimate of drug-likeness (QED) is 0.780. The molecule has 132 valence electrons. The summed E-state index contributed by atoms with van der Waals surface area (Å²) in [6, 6.07) is 5.62. The molecule has 0 saturated carbocycles. The van der Waals surface area contributed by atoms with E-state index in [1.165, 1.54) is 0 Å². The van der Waals surface area contributed by atoms with Crippen molar-refractivity contribution in [1.82, 2.24) is 19.7 Å². The van der Waals surface area contributed by atoms with Gasteiger partial charge in [-0.3, -0.25) is 24.4 Å². The van der Waals surface area contributed by atoms with Gasteiger partial charge >= 0.3 is 11.9 Å². The molecule has 24 heavy (non-hydrogen) atoms. The first-order valence-corrected chi connectivity index (χ1v) is 7.94. The fraction of sp³-hybridized carbons (Fsp3) is 0.562. The lowest BCUT2D eigenvalue weighted by Crippen LogP contribution is -2.41. The molecule has 2 bridgehead atoms. The van der Waals surface area contributed by atoms with Crippen molar-refractivity contribution < 1.29 is 19.8 Å². The Morgan fingerprint density at radius 1 is 0.958 bits per heavy atom. The molecule has 1 aromatic rings. The number of fused-ring (bicyclic) bond motifs is 2. The van der Waals surface area contributed by atoms with Gasteiger partial charge in [0.2, 0.25) is 0 Å². The second-order valence-electron chi connectivity index (χ2n) is 6.13. The molecule has 0 spiro atoms. The molecule has 0 aromatic carbocycles. The molecule has 8 nitrogen and oxygen atoms in total. The molecule has 0 aliphatic carbocycles. The number of hydrogen-bond acceptors (Lipinski definition) is 6. The minimum absolute atomic E-state index is 0.0229. The predicted octanol–water partition coefficient (Wildman–Crippen LogP) is -0.200. The van der Waals surface area contributed by atoms with Crippen LogP contribution in [0.15, 0.2) is 18.2 Å². The normalized spacial score (nSPS) is 18.5. The fourth-order valence-electron chi connectivity index (χ4n) is 2.71. The van der Waals surface area contributed by atoms with Crippen LogP contribution in [0.4, 0.5) is 0 Å². The van der Waals surface area contributed by atoms with E-state index < -0.39 is 11.9 Å². The number of hydrogen-bond donors (Lipinski definition) is 2. The lowest BCUT2D eigenvalue weighted by atomic mass is 10.2. The van der Waals surface area contributed by atoms with Gasteiger partial charge in [0.15, 0.2) is 0 Å². The van der Waals surface area contributed by atoms with E-state index in [-0.39, 0.29) is 13.1 Å². The number of likely N-dealkylation sites (N-methyl/N-ethyl adjacent to an activating group) is 1. The van der Waals surface area contributed by atoms with Crippen molar-refractivity contribution in [1.29, 1.82) is 0 Å². The Bertz CT molecular complexity index is 536. The standard InChI is InChI=1S/C16H24N4O4/c1-18-5-7-19(11-15(21)22)9-13-3-2-4-14(17-13)10-20(8-6-18)12-16(23)24/h2-4H,5-12H2,1H3,(H,21,22)(H,23,24). The highest BCUT2D eigenvalue weighted by atomic mass is 16.4. The topological polar surface area (TPSA) is 97.2 Å². The molecule has 0 atom stereocenters. The van der Waals surface area contributed by atoms with Crippen molar-refractivity contribution in [2.45, 2.75) is 13.1 Å². The number of nitrogens with zero attached hydrogens (tertiary/aromatic N) is 4. The van der Waals surface area contributed by atoms with E-state index in [9.17, 15) is 9.59 Å². The SMILES string of the molecule is CN1CCN(CC(=O)O)Cc2cccc(n2)CN(CC(=O)O)CC1. The summed E-state index contributed by atoms with van der Waals surface area (Å²) < 4.78 is 0. The Hall–Kier alpha value is -2.03. The number of carboxylic acids is 2. The Kier molecular flexibility index (Phi) is 6.65. The summed E-state index contributed by atoms with van der Waals surface area (Å²) in [5, 5.41) is 18.2. The van der Waals surface area contributed by atoms with Gasteiger partial charge in [-0.25, -0.2) is 0 Å². The Morgan fingerprint density at radius 3 is 1.83 bits per heavy atom. The van der Waals surface area contributed by atoms with Crippen LogP contribution in [0, 0.1) is 0 Å². The average molecular weight is 336 g/mol. The number of aromatic nitrogens is 1. The number of carbonyl (C=O) groups is 2. The van der Waals surface area contributed by atoms with Crippen LogP contribution >= 0.6 is 0 Å². The fourth-order valence-corrected chi connectivity index (χ4v) is 2.71. The number of pyridine rings is 1. The summed E-state index contributed by atoms with van der Waals surface area (Å²) in [6.45, 7) is 3.55. The average Bonchev–Trinajstić information content (AvgIpc) is 2.49. The van der Waals surface area contributed by atoms with Gasteiger partial charge < -0.3 is 15.1 Å². The minimum Gasteiger partial charge on any atom is -0.480 e. The molecule has 2 rings (SSSR count). The molecule has 0 radical (unpaired) electrons. The monoisotopic (exact) mass is 336 g/mol. The first-order valence-electron chi connectivity index (χ1n) is 7.94. The van der Waals surface area contributed by atoms with E-state index in [1.807, 2.05) is 35.0 Å². The largest absolute Gasteiger partial charge is 0.480 e. The predicted molar refractivity (Wildman–Crippen MR) is 87.6 cm³/mol. The van der Waals surface area contributed by atoms with Crippen molar-refractivity contribution in [2.75, 3.05) is 46.3 Å². The highest BCUT2D eigenvalue weighted by Crippen LogP contribution is 2.08. The van der Waals surface area contributed by atoms with Gasteiger partial charge in [0.25, 0.3) is 0 Å². The van der Waals surface area contributed by atoms with Gasteiger partial charge in [-0.1, -0.05) is 6.07 Å². The molecule has 0 amide bonds. The van der Waals surface area contributed by atoms with Gasteiger partial charge in [-0.2, -0.15) is 0 Å². The van der Waals surface area contributed by atoms with Crippen LogP contribution in [0.25, 0.3) is 0 Å². The summed E-state index contributed by atoms with van der Waals surface area (Å²) in [7, 11) is 1.96. The van der Waals surface area contributed by atoms with Crippen molar-refractivity contribution in [2.24, 2.45) is 0 Å². The second kappa shape index (κ2) is 8.72. The highest BCUT2D eigenvalue weighted by Gasteiger charge is 2.16. The van der Waals surface area contributed by atoms with E-state index in [0.29, 0.717) is 39.3 Å². The zero-order valence-electron chi connectivity index (χ0n) is 13.9. The summed E-state index contributed by atoms with van der Waals surface area (Å²) in [5.41, 5.74) is 1.60. The molecule has 1 aliphatic rings. The van der Waals surface area contributed by atoms with Gasteiger partial charge in [-0.05, 0) is 19.2 Å². The van der Waals surface area contributed by atoms with Crippen LogP contribution in [0.5, 0.6) is 0 Å². The van der Waals surface area contributed by atoms with Crippen LogP contribution in [-0.2, 0) is 22.7 Å². The molecule has 0 unspecified atom stereocenters. The smallest absolute Gasteiger partial charge is 0.317 e. The molecule has 8 heteroatoms. The zero-order chi connectivity index (χ0) is 17.5. The van der Waals surface area contributed by atoms with Crippen LogP contribution in [0.2, 0.25) is 0 Å². The summed E-state index contributed by atoms with van der Waals surface area (Å²) in [5.74, 6) is -1.71. The van der Waals surface area contributed by atoms with Crippen molar-refractivity contribution in [3.63, 3.8) is 0 Å². The first-order chi connectivity index (χ1) is 11.4. The summed E-state index contributed by atoms with van der Waals surface area (Å²) in [6.07, 6.45) is 0. The van der Waals surface area contributed by atoms with Crippen LogP contribution in [0.3, 0.4) is 0 Å². The molecule has 2 N–H and O–H groups in total. The third-order valence-corrected chi connectivity index (χ3v) is 3.95. The lowest BCUT2D eigenvalue weighted by Gasteiger charge is -2.28. The van der Waals surface area contributed by atoms with Crippen molar-refractivity contribution in [3.05, 3.63) is 29.6 Å². The number of rotatable bonds is 4. The maximum atomic E-state index is 11.1.